The van der Waals surface area contributed by atoms with E-state index >= 15 is 0 Å². The van der Waals surface area contributed by atoms with E-state index < -0.39 is 6.10 Å². The quantitative estimate of drug-likeness (QED) is 0.750. The molecule has 0 aliphatic carbocycles. The van der Waals surface area contributed by atoms with Gasteiger partial charge in [-0.1, -0.05) is 6.07 Å². The van der Waals surface area contributed by atoms with Gasteiger partial charge in [-0.15, -0.1) is 0 Å². The predicted molar refractivity (Wildman–Crippen MR) is 72.1 cm³/mol. The van der Waals surface area contributed by atoms with Crippen molar-refractivity contribution in [3.8, 4) is 5.69 Å². The lowest BCUT2D eigenvalue weighted by Gasteiger charge is -2.13. The normalized spacial score (nSPS) is 12.4. The Morgan fingerprint density at radius 3 is 2.67 bits per heavy atom. The predicted octanol–water partition coefficient (Wildman–Crippen LogP) is 1.55. The summed E-state index contributed by atoms with van der Waals surface area (Å²) in [5.41, 5.74) is 3.21. The van der Waals surface area contributed by atoms with Gasteiger partial charge in [0.1, 0.15) is 0 Å². The number of aryl methyl sites for hydroxylation is 1. The molecule has 0 bridgehead atoms. The molecule has 2 rings (SSSR count). The Morgan fingerprint density at radius 2 is 2.00 bits per heavy atom. The van der Waals surface area contributed by atoms with Crippen LogP contribution in [0.2, 0.25) is 0 Å². The van der Waals surface area contributed by atoms with Gasteiger partial charge in [-0.3, -0.25) is 0 Å². The highest BCUT2D eigenvalue weighted by atomic mass is 16.3. The fourth-order valence-corrected chi connectivity index (χ4v) is 1.79. The number of rotatable bonds is 5. The first-order valence-corrected chi connectivity index (χ1v) is 5.97. The lowest BCUT2D eigenvalue weighted by atomic mass is 10.1. The van der Waals surface area contributed by atoms with Gasteiger partial charge >= 0.3 is 0 Å². The van der Waals surface area contributed by atoms with Gasteiger partial charge in [-0.2, -0.15) is 0 Å². The van der Waals surface area contributed by atoms with E-state index in [9.17, 15) is 5.11 Å². The Labute approximate surface area is 107 Å². The minimum absolute atomic E-state index is 0.233. The minimum atomic E-state index is -0.735. The van der Waals surface area contributed by atoms with Crippen LogP contribution in [0, 0.1) is 6.92 Å². The standard InChI is InChI=1S/C14H18N2O2/c1-11-4-5-12(15-9-13(18)10-17)8-14(11)16-6-2-3-7-16/h2-8,13,15,17-18H,9-10H2,1H3. The van der Waals surface area contributed by atoms with Gasteiger partial charge < -0.3 is 20.1 Å². The summed E-state index contributed by atoms with van der Waals surface area (Å²) in [6, 6.07) is 9.99. The number of hydrogen-bond acceptors (Lipinski definition) is 3. The van der Waals surface area contributed by atoms with E-state index in [1.54, 1.807) is 0 Å². The Hall–Kier alpha value is -1.78. The first kappa shape index (κ1) is 12.7. The second-order valence-electron chi connectivity index (χ2n) is 4.31. The maximum atomic E-state index is 9.31. The Balaban J connectivity index is 2.17. The van der Waals surface area contributed by atoms with Crippen LogP contribution >= 0.6 is 0 Å². The molecule has 2 aromatic rings. The number of hydrogen-bond donors (Lipinski definition) is 3. The summed E-state index contributed by atoms with van der Waals surface area (Å²) in [5.74, 6) is 0. The molecule has 0 amide bonds. The summed E-state index contributed by atoms with van der Waals surface area (Å²) in [7, 11) is 0. The Bertz CT molecular complexity index is 495. The largest absolute Gasteiger partial charge is 0.394 e. The van der Waals surface area contributed by atoms with Crippen LogP contribution in [0.5, 0.6) is 0 Å². The molecule has 1 aromatic heterocycles. The molecule has 3 N–H and O–H groups in total. The van der Waals surface area contributed by atoms with Crippen molar-refractivity contribution in [3.05, 3.63) is 48.3 Å². The molecule has 1 heterocycles. The molecular weight excluding hydrogens is 228 g/mol. The van der Waals surface area contributed by atoms with Crippen molar-refractivity contribution in [1.82, 2.24) is 4.57 Å². The zero-order chi connectivity index (χ0) is 13.0. The van der Waals surface area contributed by atoms with Crippen LogP contribution in [-0.2, 0) is 0 Å². The van der Waals surface area contributed by atoms with Crippen molar-refractivity contribution in [1.29, 1.82) is 0 Å². The second kappa shape index (κ2) is 5.71. The first-order valence-electron chi connectivity index (χ1n) is 5.97. The van der Waals surface area contributed by atoms with E-state index in [-0.39, 0.29) is 6.61 Å². The van der Waals surface area contributed by atoms with Gasteiger partial charge in [-0.05, 0) is 36.8 Å². The molecule has 1 unspecified atom stereocenters. The summed E-state index contributed by atoms with van der Waals surface area (Å²) in [6.45, 7) is 2.16. The van der Waals surface area contributed by atoms with Gasteiger partial charge in [0.05, 0.1) is 12.7 Å². The van der Waals surface area contributed by atoms with Crippen LogP contribution in [0.25, 0.3) is 5.69 Å². The summed E-state index contributed by atoms with van der Waals surface area (Å²) in [6.07, 6.45) is 3.25. The molecule has 0 fully saturated rings. The number of nitrogens with one attached hydrogen (secondary N) is 1. The smallest absolute Gasteiger partial charge is 0.0942 e. The van der Waals surface area contributed by atoms with E-state index in [4.69, 9.17) is 5.11 Å². The molecule has 4 heteroatoms. The molecule has 1 aromatic carbocycles. The van der Waals surface area contributed by atoms with Crippen molar-refractivity contribution in [3.63, 3.8) is 0 Å². The van der Waals surface area contributed by atoms with E-state index in [0.29, 0.717) is 6.54 Å². The van der Waals surface area contributed by atoms with Crippen molar-refractivity contribution < 1.29 is 10.2 Å². The number of aromatic nitrogens is 1. The number of benzene rings is 1. The van der Waals surface area contributed by atoms with Crippen molar-refractivity contribution in [2.45, 2.75) is 13.0 Å². The van der Waals surface area contributed by atoms with Crippen LogP contribution in [0.3, 0.4) is 0 Å². The first-order chi connectivity index (χ1) is 8.70. The average molecular weight is 246 g/mol. The number of aliphatic hydroxyl groups is 2. The maximum absolute atomic E-state index is 9.31. The highest BCUT2D eigenvalue weighted by Gasteiger charge is 2.04. The molecule has 0 aliphatic rings. The third-order valence-corrected chi connectivity index (χ3v) is 2.84. The van der Waals surface area contributed by atoms with Crippen molar-refractivity contribution in [2.24, 2.45) is 0 Å². The number of anilines is 1. The zero-order valence-electron chi connectivity index (χ0n) is 10.4. The van der Waals surface area contributed by atoms with E-state index in [2.05, 4.69) is 12.2 Å². The molecule has 1 atom stereocenters. The van der Waals surface area contributed by atoms with Crippen LogP contribution < -0.4 is 5.32 Å². The highest BCUT2D eigenvalue weighted by molar-refractivity contribution is 5.55. The molecular formula is C14H18N2O2. The monoisotopic (exact) mass is 246 g/mol. The van der Waals surface area contributed by atoms with Crippen LogP contribution in [-0.4, -0.2) is 34.0 Å². The van der Waals surface area contributed by atoms with Gasteiger partial charge in [-0.25, -0.2) is 0 Å². The van der Waals surface area contributed by atoms with Gasteiger partial charge in [0.15, 0.2) is 0 Å². The highest BCUT2D eigenvalue weighted by Crippen LogP contribution is 2.19. The average Bonchev–Trinajstić information content (AvgIpc) is 2.91. The number of aliphatic hydroxyl groups excluding tert-OH is 2. The Morgan fingerprint density at radius 1 is 1.28 bits per heavy atom. The third-order valence-electron chi connectivity index (χ3n) is 2.84. The molecule has 0 saturated carbocycles. The van der Waals surface area contributed by atoms with Crippen LogP contribution in [0.15, 0.2) is 42.7 Å². The SMILES string of the molecule is Cc1ccc(NCC(O)CO)cc1-n1cccc1. The van der Waals surface area contributed by atoms with Crippen LogP contribution in [0.1, 0.15) is 5.56 Å². The molecule has 0 spiro atoms. The van der Waals surface area contributed by atoms with Gasteiger partial charge in [0, 0.05) is 30.3 Å². The molecule has 0 aliphatic heterocycles. The van der Waals surface area contributed by atoms with Gasteiger partial charge in [0.25, 0.3) is 0 Å². The molecule has 0 radical (unpaired) electrons. The molecule has 18 heavy (non-hydrogen) atoms. The summed E-state index contributed by atoms with van der Waals surface area (Å²) in [5, 5.41) is 21.2. The zero-order valence-corrected chi connectivity index (χ0v) is 10.4. The lowest BCUT2D eigenvalue weighted by molar-refractivity contribution is 0.105. The Kier molecular flexibility index (Phi) is 4.02. The summed E-state index contributed by atoms with van der Waals surface area (Å²) >= 11 is 0. The van der Waals surface area contributed by atoms with Crippen molar-refractivity contribution >= 4 is 5.69 Å². The van der Waals surface area contributed by atoms with E-state index in [0.717, 1.165) is 11.4 Å². The third kappa shape index (κ3) is 2.91. The minimum Gasteiger partial charge on any atom is -0.394 e. The summed E-state index contributed by atoms with van der Waals surface area (Å²) in [4.78, 5) is 0. The maximum Gasteiger partial charge on any atom is 0.0942 e. The molecule has 0 saturated heterocycles. The fourth-order valence-electron chi connectivity index (χ4n) is 1.79. The molecule has 96 valence electrons. The van der Waals surface area contributed by atoms with Crippen molar-refractivity contribution in [2.75, 3.05) is 18.5 Å². The van der Waals surface area contributed by atoms with E-state index in [1.165, 1.54) is 5.56 Å². The van der Waals surface area contributed by atoms with E-state index in [1.807, 2.05) is 47.3 Å². The van der Waals surface area contributed by atoms with Gasteiger partial charge in [0.2, 0.25) is 0 Å². The molecule has 4 nitrogen and oxygen atoms in total. The topological polar surface area (TPSA) is 57.4 Å². The second-order valence-corrected chi connectivity index (χ2v) is 4.31. The van der Waals surface area contributed by atoms with Crippen LogP contribution in [0.4, 0.5) is 5.69 Å². The fraction of sp³-hybridized carbons (Fsp3) is 0.286. The summed E-state index contributed by atoms with van der Waals surface area (Å²) < 4.78 is 2.04. The lowest BCUT2D eigenvalue weighted by Crippen LogP contribution is -2.22. The number of nitrogens with zero attached hydrogens (tertiary/aromatic N) is 1.